The van der Waals surface area contributed by atoms with E-state index in [0.717, 1.165) is 0 Å². The molecule has 0 unspecified atom stereocenters. The smallest absolute Gasteiger partial charge is 0.143 e. The second kappa shape index (κ2) is 3.81. The summed E-state index contributed by atoms with van der Waals surface area (Å²) in [4.78, 5) is 10.1. The van der Waals surface area contributed by atoms with E-state index in [4.69, 9.17) is 0 Å². The summed E-state index contributed by atoms with van der Waals surface area (Å²) in [5.41, 5.74) is 1.12. The Labute approximate surface area is 70.5 Å². The van der Waals surface area contributed by atoms with Crippen molar-refractivity contribution in [1.82, 2.24) is 0 Å². The van der Waals surface area contributed by atoms with Gasteiger partial charge in [-0.25, -0.2) is 4.39 Å². The number of carbonyl (C=O) groups excluding carboxylic acids is 1. The van der Waals surface area contributed by atoms with E-state index < -0.39 is 0 Å². The summed E-state index contributed by atoms with van der Waals surface area (Å²) < 4.78 is 13.0. The van der Waals surface area contributed by atoms with E-state index in [9.17, 15) is 9.18 Å². The van der Waals surface area contributed by atoms with Crippen molar-refractivity contribution in [3.63, 3.8) is 0 Å². The zero-order valence-electron chi connectivity index (χ0n) is 6.75. The number of halogens is 1. The molecule has 0 N–H and O–H groups in total. The van der Waals surface area contributed by atoms with Crippen molar-refractivity contribution in [3.8, 4) is 0 Å². The monoisotopic (exact) mass is 164 g/mol. The average molecular weight is 164 g/mol. The van der Waals surface area contributed by atoms with Crippen LogP contribution in [0.25, 0.3) is 5.57 Å². The van der Waals surface area contributed by atoms with Crippen LogP contribution in [-0.2, 0) is 4.79 Å². The average Bonchev–Trinajstić information content (AvgIpc) is 2.05. The number of aldehydes is 1. The van der Waals surface area contributed by atoms with Gasteiger partial charge in [0.2, 0.25) is 0 Å². The number of carbonyl (C=O) groups is 1. The van der Waals surface area contributed by atoms with Crippen LogP contribution >= 0.6 is 0 Å². The van der Waals surface area contributed by atoms with Crippen molar-refractivity contribution < 1.29 is 9.18 Å². The maximum absolute atomic E-state index is 13.0. The molecule has 0 fully saturated rings. The van der Waals surface area contributed by atoms with Gasteiger partial charge in [0.1, 0.15) is 12.1 Å². The first-order valence-electron chi connectivity index (χ1n) is 3.62. The Bertz CT molecular complexity index is 315. The molecule has 0 atom stereocenters. The zero-order valence-corrected chi connectivity index (χ0v) is 6.75. The quantitative estimate of drug-likeness (QED) is 0.484. The number of hydrogen-bond acceptors (Lipinski definition) is 1. The van der Waals surface area contributed by atoms with Gasteiger partial charge in [-0.1, -0.05) is 18.2 Å². The van der Waals surface area contributed by atoms with Gasteiger partial charge in [0.15, 0.2) is 0 Å². The summed E-state index contributed by atoms with van der Waals surface area (Å²) >= 11 is 0. The summed E-state index contributed by atoms with van der Waals surface area (Å²) in [6.45, 7) is 1.70. The van der Waals surface area contributed by atoms with Gasteiger partial charge >= 0.3 is 0 Å². The van der Waals surface area contributed by atoms with Crippen molar-refractivity contribution in [2.45, 2.75) is 6.92 Å². The molecule has 0 spiro atoms. The first-order chi connectivity index (χ1) is 5.75. The van der Waals surface area contributed by atoms with E-state index in [1.807, 2.05) is 0 Å². The SMILES string of the molecule is C/C(=C/C=O)c1ccccc1F. The Kier molecular flexibility index (Phi) is 2.75. The molecule has 0 aliphatic rings. The molecule has 0 saturated heterocycles. The first kappa shape index (κ1) is 8.65. The van der Waals surface area contributed by atoms with Gasteiger partial charge in [-0.05, 0) is 24.6 Å². The fourth-order valence-electron chi connectivity index (χ4n) is 0.973. The van der Waals surface area contributed by atoms with Crippen LogP contribution in [0.3, 0.4) is 0 Å². The maximum Gasteiger partial charge on any atom is 0.143 e. The molecular formula is C10H9FO. The molecule has 0 heterocycles. The third-order valence-electron chi connectivity index (χ3n) is 1.62. The number of allylic oxidation sites excluding steroid dienone is 2. The van der Waals surface area contributed by atoms with Crippen LogP contribution in [0.2, 0.25) is 0 Å². The molecular weight excluding hydrogens is 155 g/mol. The molecule has 1 aromatic rings. The van der Waals surface area contributed by atoms with Gasteiger partial charge in [0, 0.05) is 5.56 Å². The molecule has 0 aliphatic carbocycles. The molecule has 0 aromatic heterocycles. The summed E-state index contributed by atoms with van der Waals surface area (Å²) in [6.07, 6.45) is 2.00. The molecule has 12 heavy (non-hydrogen) atoms. The lowest BCUT2D eigenvalue weighted by molar-refractivity contribution is -0.104. The summed E-state index contributed by atoms with van der Waals surface area (Å²) in [5.74, 6) is -0.298. The molecule has 0 bridgehead atoms. The minimum atomic E-state index is -0.298. The van der Waals surface area contributed by atoms with E-state index in [1.165, 1.54) is 12.1 Å². The predicted octanol–water partition coefficient (Wildman–Crippen LogP) is 2.43. The van der Waals surface area contributed by atoms with E-state index in [1.54, 1.807) is 25.1 Å². The highest BCUT2D eigenvalue weighted by atomic mass is 19.1. The third-order valence-corrected chi connectivity index (χ3v) is 1.62. The number of benzene rings is 1. The Morgan fingerprint density at radius 1 is 1.42 bits per heavy atom. The molecule has 0 aliphatic heterocycles. The molecule has 1 nitrogen and oxygen atoms in total. The molecule has 1 rings (SSSR count). The highest BCUT2D eigenvalue weighted by molar-refractivity contribution is 5.80. The van der Waals surface area contributed by atoms with Crippen molar-refractivity contribution >= 4 is 11.9 Å². The van der Waals surface area contributed by atoms with Crippen molar-refractivity contribution in [3.05, 3.63) is 41.7 Å². The van der Waals surface area contributed by atoms with Crippen LogP contribution < -0.4 is 0 Å². The topological polar surface area (TPSA) is 17.1 Å². The molecule has 2 heteroatoms. The van der Waals surface area contributed by atoms with Crippen LogP contribution in [0, 0.1) is 5.82 Å². The van der Waals surface area contributed by atoms with E-state index in [-0.39, 0.29) is 5.82 Å². The van der Waals surface area contributed by atoms with Gasteiger partial charge in [-0.2, -0.15) is 0 Å². The Balaban J connectivity index is 3.10. The largest absolute Gasteiger partial charge is 0.299 e. The van der Waals surface area contributed by atoms with E-state index in [2.05, 4.69) is 0 Å². The van der Waals surface area contributed by atoms with E-state index >= 15 is 0 Å². The van der Waals surface area contributed by atoms with Gasteiger partial charge < -0.3 is 0 Å². The van der Waals surface area contributed by atoms with Gasteiger partial charge in [0.05, 0.1) is 0 Å². The second-order valence-corrected chi connectivity index (χ2v) is 2.47. The molecule has 62 valence electrons. The minimum Gasteiger partial charge on any atom is -0.299 e. The third kappa shape index (κ3) is 1.78. The Hall–Kier alpha value is -1.44. The Morgan fingerprint density at radius 3 is 2.67 bits per heavy atom. The molecule has 0 amide bonds. The van der Waals surface area contributed by atoms with Crippen molar-refractivity contribution in [2.24, 2.45) is 0 Å². The van der Waals surface area contributed by atoms with Gasteiger partial charge in [-0.15, -0.1) is 0 Å². The Morgan fingerprint density at radius 2 is 2.08 bits per heavy atom. The lowest BCUT2D eigenvalue weighted by atomic mass is 10.1. The van der Waals surface area contributed by atoms with E-state index in [0.29, 0.717) is 17.4 Å². The lowest BCUT2D eigenvalue weighted by Gasteiger charge is -2.00. The van der Waals surface area contributed by atoms with Crippen LogP contribution in [0.1, 0.15) is 12.5 Å². The molecule has 1 aromatic carbocycles. The highest BCUT2D eigenvalue weighted by Gasteiger charge is 2.00. The lowest BCUT2D eigenvalue weighted by Crippen LogP contribution is -1.85. The zero-order chi connectivity index (χ0) is 8.97. The minimum absolute atomic E-state index is 0.298. The fourth-order valence-corrected chi connectivity index (χ4v) is 0.973. The van der Waals surface area contributed by atoms with Crippen molar-refractivity contribution in [2.75, 3.05) is 0 Å². The van der Waals surface area contributed by atoms with Crippen LogP contribution in [0.4, 0.5) is 4.39 Å². The van der Waals surface area contributed by atoms with Crippen LogP contribution in [0.15, 0.2) is 30.3 Å². The summed E-state index contributed by atoms with van der Waals surface area (Å²) in [6, 6.07) is 6.37. The van der Waals surface area contributed by atoms with Crippen LogP contribution in [-0.4, -0.2) is 6.29 Å². The first-order valence-corrected chi connectivity index (χ1v) is 3.62. The van der Waals surface area contributed by atoms with Crippen LogP contribution in [0.5, 0.6) is 0 Å². The molecule has 0 saturated carbocycles. The number of hydrogen-bond donors (Lipinski definition) is 0. The fraction of sp³-hybridized carbons (Fsp3) is 0.100. The normalized spacial score (nSPS) is 11.3. The van der Waals surface area contributed by atoms with Gasteiger partial charge in [-0.3, -0.25) is 4.79 Å². The maximum atomic E-state index is 13.0. The predicted molar refractivity (Wildman–Crippen MR) is 46.1 cm³/mol. The number of rotatable bonds is 2. The van der Waals surface area contributed by atoms with Crippen molar-refractivity contribution in [1.29, 1.82) is 0 Å². The second-order valence-electron chi connectivity index (χ2n) is 2.47. The highest BCUT2D eigenvalue weighted by Crippen LogP contribution is 2.15. The standard InChI is InChI=1S/C10H9FO/c1-8(6-7-12)9-4-2-3-5-10(9)11/h2-7H,1H3/b8-6-. The summed E-state index contributed by atoms with van der Waals surface area (Å²) in [7, 11) is 0. The van der Waals surface area contributed by atoms with Gasteiger partial charge in [0.25, 0.3) is 0 Å². The summed E-state index contributed by atoms with van der Waals surface area (Å²) in [5, 5.41) is 0. The molecule has 0 radical (unpaired) electrons.